The van der Waals surface area contributed by atoms with Crippen LogP contribution in [-0.4, -0.2) is 15.7 Å². The summed E-state index contributed by atoms with van der Waals surface area (Å²) in [6.07, 6.45) is 2.28. The van der Waals surface area contributed by atoms with Crippen LogP contribution in [0.2, 0.25) is 0 Å². The Morgan fingerprint density at radius 2 is 1.52 bits per heavy atom. The molecule has 0 aliphatic rings. The number of furan rings is 1. The SMILES string of the molecule is O=C(NC(Cc1ccccc1)c1ccccc1)c1cc(-c2ccco2)nn1-c1ccccc1. The zero-order valence-corrected chi connectivity index (χ0v) is 18.0. The number of benzene rings is 3. The van der Waals surface area contributed by atoms with E-state index in [1.165, 1.54) is 0 Å². The van der Waals surface area contributed by atoms with E-state index in [0.717, 1.165) is 16.8 Å². The first-order valence-electron chi connectivity index (χ1n) is 10.9. The Bertz CT molecular complexity index is 1310. The second-order valence-electron chi connectivity index (χ2n) is 7.77. The highest BCUT2D eigenvalue weighted by Gasteiger charge is 2.22. The molecule has 5 aromatic rings. The molecular formula is C28H23N3O2. The Morgan fingerprint density at radius 1 is 0.848 bits per heavy atom. The summed E-state index contributed by atoms with van der Waals surface area (Å²) in [5.41, 5.74) is 4.06. The Balaban J connectivity index is 1.50. The Labute approximate surface area is 192 Å². The molecule has 0 fully saturated rings. The van der Waals surface area contributed by atoms with Crippen molar-refractivity contribution < 1.29 is 9.21 Å². The van der Waals surface area contributed by atoms with Crippen LogP contribution in [0.4, 0.5) is 0 Å². The molecule has 5 heteroatoms. The van der Waals surface area contributed by atoms with Crippen LogP contribution in [0, 0.1) is 0 Å². The minimum Gasteiger partial charge on any atom is -0.463 e. The smallest absolute Gasteiger partial charge is 0.270 e. The van der Waals surface area contributed by atoms with E-state index in [1.807, 2.05) is 91.0 Å². The average Bonchev–Trinajstić information content (AvgIpc) is 3.56. The molecule has 162 valence electrons. The number of amides is 1. The molecule has 2 aromatic heterocycles. The molecule has 33 heavy (non-hydrogen) atoms. The Kier molecular flexibility index (Phi) is 5.85. The van der Waals surface area contributed by atoms with Gasteiger partial charge in [0.05, 0.1) is 18.0 Å². The van der Waals surface area contributed by atoms with Crippen molar-refractivity contribution in [1.29, 1.82) is 0 Å². The first-order chi connectivity index (χ1) is 16.3. The van der Waals surface area contributed by atoms with Gasteiger partial charge in [0.15, 0.2) is 5.76 Å². The summed E-state index contributed by atoms with van der Waals surface area (Å²) >= 11 is 0. The summed E-state index contributed by atoms with van der Waals surface area (Å²) in [7, 11) is 0. The normalized spacial score (nSPS) is 11.8. The maximum Gasteiger partial charge on any atom is 0.270 e. The van der Waals surface area contributed by atoms with Crippen molar-refractivity contribution in [3.8, 4) is 17.1 Å². The minimum absolute atomic E-state index is 0.188. The number of aromatic nitrogens is 2. The molecule has 2 heterocycles. The van der Waals surface area contributed by atoms with Gasteiger partial charge in [0.1, 0.15) is 11.4 Å². The van der Waals surface area contributed by atoms with Gasteiger partial charge in [-0.2, -0.15) is 5.10 Å². The number of para-hydroxylation sites is 1. The first-order valence-corrected chi connectivity index (χ1v) is 10.9. The monoisotopic (exact) mass is 433 g/mol. The van der Waals surface area contributed by atoms with Crippen LogP contribution < -0.4 is 5.32 Å². The molecule has 1 unspecified atom stereocenters. The van der Waals surface area contributed by atoms with E-state index < -0.39 is 0 Å². The third-order valence-corrected chi connectivity index (χ3v) is 5.51. The molecule has 0 aliphatic carbocycles. The van der Waals surface area contributed by atoms with Crippen LogP contribution in [0.1, 0.15) is 27.7 Å². The van der Waals surface area contributed by atoms with Crippen molar-refractivity contribution in [3.63, 3.8) is 0 Å². The van der Waals surface area contributed by atoms with Gasteiger partial charge in [-0.1, -0.05) is 78.9 Å². The quantitative estimate of drug-likeness (QED) is 0.350. The van der Waals surface area contributed by atoms with Gasteiger partial charge in [-0.15, -0.1) is 0 Å². The molecule has 5 rings (SSSR count). The van der Waals surface area contributed by atoms with Crippen LogP contribution >= 0.6 is 0 Å². The van der Waals surface area contributed by atoms with Gasteiger partial charge in [-0.3, -0.25) is 4.79 Å². The lowest BCUT2D eigenvalue weighted by Gasteiger charge is -2.20. The van der Waals surface area contributed by atoms with Gasteiger partial charge >= 0.3 is 0 Å². The van der Waals surface area contributed by atoms with E-state index in [4.69, 9.17) is 4.42 Å². The molecular weight excluding hydrogens is 410 g/mol. The van der Waals surface area contributed by atoms with Gasteiger partial charge in [-0.25, -0.2) is 4.68 Å². The highest BCUT2D eigenvalue weighted by atomic mass is 16.3. The molecule has 1 N–H and O–H groups in total. The minimum atomic E-state index is -0.200. The molecule has 5 nitrogen and oxygen atoms in total. The lowest BCUT2D eigenvalue weighted by Crippen LogP contribution is -2.31. The molecule has 0 radical (unpaired) electrons. The number of hydrogen-bond donors (Lipinski definition) is 1. The van der Waals surface area contributed by atoms with Crippen LogP contribution in [0.5, 0.6) is 0 Å². The number of hydrogen-bond acceptors (Lipinski definition) is 3. The number of nitrogens with zero attached hydrogens (tertiary/aromatic N) is 2. The fourth-order valence-electron chi connectivity index (χ4n) is 3.87. The standard InChI is InChI=1S/C28H23N3O2/c32-28(29-24(22-13-6-2-7-14-22)19-21-11-4-1-5-12-21)26-20-25(27-17-10-18-33-27)30-31(26)23-15-8-3-9-16-23/h1-18,20,24H,19H2,(H,29,32). The molecule has 1 amide bonds. The Morgan fingerprint density at radius 3 is 2.18 bits per heavy atom. The topological polar surface area (TPSA) is 60.1 Å². The maximum absolute atomic E-state index is 13.6. The third-order valence-electron chi connectivity index (χ3n) is 5.51. The van der Waals surface area contributed by atoms with Gasteiger partial charge in [-0.05, 0) is 41.8 Å². The van der Waals surface area contributed by atoms with Gasteiger partial charge in [0, 0.05) is 6.07 Å². The summed E-state index contributed by atoms with van der Waals surface area (Å²) in [5.74, 6) is 0.413. The maximum atomic E-state index is 13.6. The van der Waals surface area contributed by atoms with Crippen molar-refractivity contribution >= 4 is 5.91 Å². The highest BCUT2D eigenvalue weighted by molar-refractivity contribution is 5.94. The van der Waals surface area contributed by atoms with Crippen LogP contribution in [0.25, 0.3) is 17.1 Å². The fraction of sp³-hybridized carbons (Fsp3) is 0.0714. The number of rotatable bonds is 7. The predicted molar refractivity (Wildman–Crippen MR) is 128 cm³/mol. The summed E-state index contributed by atoms with van der Waals surface area (Å²) in [6.45, 7) is 0. The van der Waals surface area contributed by atoms with Gasteiger partial charge in [0.25, 0.3) is 5.91 Å². The van der Waals surface area contributed by atoms with Crippen LogP contribution in [0.3, 0.4) is 0 Å². The molecule has 0 saturated heterocycles. The molecule has 0 spiro atoms. The number of carbonyl (C=O) groups is 1. The van der Waals surface area contributed by atoms with E-state index in [9.17, 15) is 4.79 Å². The van der Waals surface area contributed by atoms with E-state index in [-0.39, 0.29) is 11.9 Å². The molecule has 1 atom stereocenters. The van der Waals surface area contributed by atoms with Crippen LogP contribution in [-0.2, 0) is 6.42 Å². The summed E-state index contributed by atoms with van der Waals surface area (Å²) in [6, 6.07) is 35.1. The van der Waals surface area contributed by atoms with Crippen molar-refractivity contribution in [1.82, 2.24) is 15.1 Å². The van der Waals surface area contributed by atoms with Crippen LogP contribution in [0.15, 0.2) is 120 Å². The number of nitrogens with one attached hydrogen (secondary N) is 1. The molecule has 0 saturated carbocycles. The van der Waals surface area contributed by atoms with Crippen molar-refractivity contribution in [2.24, 2.45) is 0 Å². The lowest BCUT2D eigenvalue weighted by molar-refractivity contribution is 0.0928. The van der Waals surface area contributed by atoms with Gasteiger partial charge < -0.3 is 9.73 Å². The summed E-state index contributed by atoms with van der Waals surface area (Å²) in [5, 5.41) is 7.91. The lowest BCUT2D eigenvalue weighted by atomic mass is 9.98. The van der Waals surface area contributed by atoms with E-state index in [1.54, 1.807) is 17.0 Å². The molecule has 3 aromatic carbocycles. The predicted octanol–water partition coefficient (Wildman–Crippen LogP) is 5.85. The third kappa shape index (κ3) is 4.62. The van der Waals surface area contributed by atoms with Gasteiger partial charge in [0.2, 0.25) is 0 Å². The number of carbonyl (C=O) groups excluding carboxylic acids is 1. The molecule has 0 bridgehead atoms. The van der Waals surface area contributed by atoms with Crippen molar-refractivity contribution in [3.05, 3.63) is 132 Å². The zero-order valence-electron chi connectivity index (χ0n) is 18.0. The second-order valence-corrected chi connectivity index (χ2v) is 7.77. The Hall–Kier alpha value is -4.38. The second kappa shape index (κ2) is 9.40. The van der Waals surface area contributed by atoms with Crippen molar-refractivity contribution in [2.75, 3.05) is 0 Å². The summed E-state index contributed by atoms with van der Waals surface area (Å²) < 4.78 is 7.19. The molecule has 0 aliphatic heterocycles. The fourth-order valence-corrected chi connectivity index (χ4v) is 3.87. The van der Waals surface area contributed by atoms with E-state index in [2.05, 4.69) is 22.5 Å². The van der Waals surface area contributed by atoms with E-state index >= 15 is 0 Å². The zero-order chi connectivity index (χ0) is 22.5. The van der Waals surface area contributed by atoms with Crippen molar-refractivity contribution in [2.45, 2.75) is 12.5 Å². The first kappa shape index (κ1) is 20.5. The average molecular weight is 434 g/mol. The highest BCUT2D eigenvalue weighted by Crippen LogP contribution is 2.24. The van der Waals surface area contributed by atoms with E-state index in [0.29, 0.717) is 23.6 Å². The summed E-state index contributed by atoms with van der Waals surface area (Å²) in [4.78, 5) is 13.6. The largest absolute Gasteiger partial charge is 0.463 e.